The fourth-order valence-electron chi connectivity index (χ4n) is 4.66. The largest absolute Gasteiger partial charge is 0.507 e. The lowest BCUT2D eigenvalue weighted by Gasteiger charge is -2.34. The third-order valence-electron chi connectivity index (χ3n) is 6.35. The van der Waals surface area contributed by atoms with Crippen LogP contribution in [0.15, 0.2) is 18.2 Å². The summed E-state index contributed by atoms with van der Waals surface area (Å²) in [5.41, 5.74) is -3.47. The Balaban J connectivity index is 1.66. The Morgan fingerprint density at radius 1 is 1.03 bits per heavy atom. The fraction of sp³-hybridized carbons (Fsp3) is 0.381. The van der Waals surface area contributed by atoms with Gasteiger partial charge in [-0.2, -0.15) is 0 Å². The van der Waals surface area contributed by atoms with E-state index >= 15 is 0 Å². The lowest BCUT2D eigenvalue weighted by atomic mass is 9.82. The van der Waals surface area contributed by atoms with Gasteiger partial charge in [0.2, 0.25) is 0 Å². The highest BCUT2D eigenvalue weighted by Gasteiger charge is 2.77. The van der Waals surface area contributed by atoms with Crippen LogP contribution in [0.1, 0.15) is 22.8 Å². The molecule has 6 atom stereocenters. The summed E-state index contributed by atoms with van der Waals surface area (Å²) in [7, 11) is 0. The van der Waals surface area contributed by atoms with Crippen molar-refractivity contribution in [2.45, 2.75) is 42.2 Å². The van der Waals surface area contributed by atoms with Gasteiger partial charge in [-0.05, 0) is 12.1 Å². The van der Waals surface area contributed by atoms with Crippen LogP contribution in [0.2, 0.25) is 0 Å². The Kier molecular flexibility index (Phi) is 4.60. The summed E-state index contributed by atoms with van der Waals surface area (Å²) in [6.45, 7) is -0.946. The maximum absolute atomic E-state index is 12.7. The van der Waals surface area contributed by atoms with Crippen molar-refractivity contribution >= 4 is 5.97 Å². The molecule has 2 unspecified atom stereocenters. The Hall–Kier alpha value is -3.49. The maximum atomic E-state index is 12.7. The summed E-state index contributed by atoms with van der Waals surface area (Å²) >= 11 is 0. The summed E-state index contributed by atoms with van der Waals surface area (Å²) in [5.74, 6) is -7.77. The molecule has 1 fully saturated rings. The van der Waals surface area contributed by atoms with E-state index in [-0.39, 0.29) is 29.0 Å². The van der Waals surface area contributed by atoms with Crippen LogP contribution in [0.3, 0.4) is 0 Å². The molecule has 13 nitrogen and oxygen atoms in total. The van der Waals surface area contributed by atoms with Crippen molar-refractivity contribution in [3.63, 3.8) is 0 Å². The molecular weight excluding hydrogens is 460 g/mol. The average Bonchev–Trinajstić information content (AvgIpc) is 3.13. The number of hydrogen-bond donors (Lipinski definition) is 9. The predicted molar refractivity (Wildman–Crippen MR) is 105 cm³/mol. The summed E-state index contributed by atoms with van der Waals surface area (Å²) in [6, 6.07) is 3.00. The lowest BCUT2D eigenvalue weighted by Crippen LogP contribution is -2.59. The number of phenols is 4. The van der Waals surface area contributed by atoms with Gasteiger partial charge in [0.1, 0.15) is 23.4 Å². The van der Waals surface area contributed by atoms with Crippen LogP contribution in [-0.2, 0) is 21.6 Å². The molecule has 3 aliphatic heterocycles. The fourth-order valence-corrected chi connectivity index (χ4v) is 4.66. The molecule has 3 heterocycles. The molecule has 9 N–H and O–H groups in total. The molecule has 0 spiro atoms. The summed E-state index contributed by atoms with van der Waals surface area (Å²) in [6.07, 6.45) is -6.75. The second-order valence-corrected chi connectivity index (χ2v) is 8.38. The Labute approximate surface area is 189 Å². The quantitative estimate of drug-likeness (QED) is 0.173. The molecule has 0 aliphatic carbocycles. The molecule has 0 amide bonds. The molecule has 0 radical (unpaired) electrons. The highest BCUT2D eigenvalue weighted by Crippen LogP contribution is 2.60. The topological polar surface area (TPSA) is 227 Å². The van der Waals surface area contributed by atoms with Gasteiger partial charge in [0.05, 0.1) is 18.3 Å². The normalized spacial score (nSPS) is 32.1. The van der Waals surface area contributed by atoms with Crippen molar-refractivity contribution in [3.8, 4) is 34.5 Å². The van der Waals surface area contributed by atoms with Gasteiger partial charge >= 0.3 is 5.97 Å². The Morgan fingerprint density at radius 2 is 1.68 bits per heavy atom. The van der Waals surface area contributed by atoms with Crippen LogP contribution in [0, 0.1) is 0 Å². The molecule has 5 rings (SSSR count). The number of cyclic esters (lactones) is 1. The van der Waals surface area contributed by atoms with Crippen LogP contribution < -0.4 is 9.47 Å². The number of benzene rings is 2. The zero-order chi connectivity index (χ0) is 24.7. The van der Waals surface area contributed by atoms with Gasteiger partial charge in [-0.1, -0.05) is 0 Å². The summed E-state index contributed by atoms with van der Waals surface area (Å²) in [4.78, 5) is 12.7. The molecule has 0 aromatic heterocycles. The number of rotatable bonds is 3. The van der Waals surface area contributed by atoms with E-state index in [2.05, 4.69) is 0 Å². The third-order valence-corrected chi connectivity index (χ3v) is 6.35. The predicted octanol–water partition coefficient (Wildman–Crippen LogP) is -1.91. The van der Waals surface area contributed by atoms with Crippen LogP contribution in [0.4, 0.5) is 0 Å². The van der Waals surface area contributed by atoms with Gasteiger partial charge in [0.15, 0.2) is 29.5 Å². The monoisotopic (exact) mass is 480 g/mol. The van der Waals surface area contributed by atoms with E-state index in [1.165, 1.54) is 0 Å². The number of carbonyl (C=O) groups excluding carboxylic acids is 1. The van der Waals surface area contributed by atoms with Crippen LogP contribution in [-0.4, -0.2) is 82.6 Å². The van der Waals surface area contributed by atoms with Crippen molar-refractivity contribution in [3.05, 3.63) is 34.9 Å². The highest BCUT2D eigenvalue weighted by atomic mass is 16.7. The number of hydrogen-bond acceptors (Lipinski definition) is 13. The minimum Gasteiger partial charge on any atom is -0.507 e. The second-order valence-electron chi connectivity index (χ2n) is 8.38. The van der Waals surface area contributed by atoms with E-state index in [9.17, 15) is 50.8 Å². The van der Waals surface area contributed by atoms with E-state index in [4.69, 9.17) is 14.2 Å². The third kappa shape index (κ3) is 2.63. The van der Waals surface area contributed by atoms with Crippen LogP contribution >= 0.6 is 0 Å². The van der Waals surface area contributed by atoms with E-state index < -0.39 is 76.9 Å². The molecule has 2 aromatic carbocycles. The number of fused-ring (bicyclic) bond motifs is 5. The first-order chi connectivity index (χ1) is 15.9. The number of esters is 1. The van der Waals surface area contributed by atoms with Gasteiger partial charge in [-0.15, -0.1) is 0 Å². The van der Waals surface area contributed by atoms with E-state index in [0.29, 0.717) is 0 Å². The van der Waals surface area contributed by atoms with Crippen molar-refractivity contribution in [1.82, 2.24) is 0 Å². The molecule has 0 saturated carbocycles. The van der Waals surface area contributed by atoms with Crippen molar-refractivity contribution in [2.75, 3.05) is 6.61 Å². The minimum absolute atomic E-state index is 0.00760. The number of carbonyl (C=O) groups is 1. The first kappa shape index (κ1) is 22.3. The number of ether oxygens (including phenoxy) is 3. The standard InChI is InChI=1S/C21H20O13/c22-5-12(27)18-21(31)20(30,19(29)33-18)14-13(34-21)4-8(23)7-3-11(26)16(32-17(7)14)6-1-9(24)15(28)10(25)2-6/h1-2,4,11-12,16,18,22-28,30-31H,3,5H2/t11-,12+,16-,18-,20?,21?/m1/s1. The number of phenolic OH excluding ortho intramolecular Hbond substituents is 4. The van der Waals surface area contributed by atoms with Gasteiger partial charge < -0.3 is 60.2 Å². The Bertz CT molecular complexity index is 1190. The highest BCUT2D eigenvalue weighted by molar-refractivity contribution is 5.90. The van der Waals surface area contributed by atoms with Crippen LogP contribution in [0.25, 0.3) is 0 Å². The first-order valence-corrected chi connectivity index (χ1v) is 10.1. The van der Waals surface area contributed by atoms with Crippen molar-refractivity contribution in [1.29, 1.82) is 0 Å². The smallest absolute Gasteiger partial charge is 0.351 e. The summed E-state index contributed by atoms with van der Waals surface area (Å²) in [5, 5.41) is 92.1. The molecule has 182 valence electrons. The zero-order valence-electron chi connectivity index (χ0n) is 17.1. The molecule has 34 heavy (non-hydrogen) atoms. The Morgan fingerprint density at radius 3 is 2.29 bits per heavy atom. The maximum Gasteiger partial charge on any atom is 0.351 e. The van der Waals surface area contributed by atoms with Gasteiger partial charge in [0, 0.05) is 23.6 Å². The minimum atomic E-state index is -2.95. The summed E-state index contributed by atoms with van der Waals surface area (Å²) < 4.78 is 16.1. The number of aliphatic hydroxyl groups is 5. The molecule has 13 heteroatoms. The molecule has 3 aliphatic rings. The van der Waals surface area contributed by atoms with Gasteiger partial charge in [-0.25, -0.2) is 4.79 Å². The number of aliphatic hydroxyl groups excluding tert-OH is 3. The van der Waals surface area contributed by atoms with E-state index in [1.807, 2.05) is 0 Å². The van der Waals surface area contributed by atoms with Crippen molar-refractivity contribution in [2.24, 2.45) is 0 Å². The second kappa shape index (κ2) is 7.01. The zero-order valence-corrected chi connectivity index (χ0v) is 17.1. The van der Waals surface area contributed by atoms with E-state index in [1.54, 1.807) is 0 Å². The first-order valence-electron chi connectivity index (χ1n) is 10.1. The number of aromatic hydroxyl groups is 4. The molecule has 1 saturated heterocycles. The lowest BCUT2D eigenvalue weighted by molar-refractivity contribution is -0.251. The van der Waals surface area contributed by atoms with Crippen molar-refractivity contribution < 1.29 is 65.0 Å². The molecule has 2 aromatic rings. The molecular formula is C21H20O13. The van der Waals surface area contributed by atoms with Crippen LogP contribution in [0.5, 0.6) is 34.5 Å². The molecule has 0 bridgehead atoms. The average molecular weight is 480 g/mol. The van der Waals surface area contributed by atoms with Gasteiger partial charge in [-0.3, -0.25) is 0 Å². The van der Waals surface area contributed by atoms with E-state index in [0.717, 1.165) is 18.2 Å². The SMILES string of the molecule is O=C1O[C@H]([C@@H](O)CO)C2(O)Oc3cc(O)c4c(c3C12O)O[C@H](c1cc(O)c(O)c(O)c1)[C@H](O)C4. The van der Waals surface area contributed by atoms with Gasteiger partial charge in [0.25, 0.3) is 11.4 Å².